The topological polar surface area (TPSA) is 82.5 Å². The SMILES string of the molecule is CN(C)c1cc(C(=O)NC23CC(C(=O)O)(C2)C3)c2ccccc2n1. The first-order valence-electron chi connectivity index (χ1n) is 7.97. The van der Waals surface area contributed by atoms with Crippen molar-refractivity contribution < 1.29 is 14.7 Å². The Hall–Kier alpha value is -2.63. The van der Waals surface area contributed by atoms with Gasteiger partial charge in [0, 0.05) is 25.0 Å². The molecule has 3 aliphatic rings. The molecule has 6 heteroatoms. The van der Waals surface area contributed by atoms with Gasteiger partial charge in [0.25, 0.3) is 5.91 Å². The van der Waals surface area contributed by atoms with Crippen molar-refractivity contribution in [3.63, 3.8) is 0 Å². The minimum atomic E-state index is -0.747. The number of carboxylic acids is 1. The molecule has 1 amide bonds. The van der Waals surface area contributed by atoms with Crippen LogP contribution in [0.3, 0.4) is 0 Å². The Labute approximate surface area is 139 Å². The number of fused-ring (bicyclic) bond motifs is 1. The van der Waals surface area contributed by atoms with E-state index in [1.807, 2.05) is 43.3 Å². The third kappa shape index (κ3) is 1.99. The number of aromatic nitrogens is 1. The fourth-order valence-corrected chi connectivity index (χ4v) is 4.03. The zero-order valence-electron chi connectivity index (χ0n) is 13.7. The lowest BCUT2D eigenvalue weighted by molar-refractivity contribution is -0.196. The van der Waals surface area contributed by atoms with Gasteiger partial charge < -0.3 is 15.3 Å². The van der Waals surface area contributed by atoms with E-state index >= 15 is 0 Å². The number of hydrogen-bond donors (Lipinski definition) is 2. The van der Waals surface area contributed by atoms with Gasteiger partial charge in [-0.1, -0.05) is 18.2 Å². The Bertz CT molecular complexity index is 855. The summed E-state index contributed by atoms with van der Waals surface area (Å²) in [7, 11) is 3.77. The number of pyridine rings is 1. The molecular formula is C18H19N3O3. The molecule has 1 heterocycles. The van der Waals surface area contributed by atoms with Crippen LogP contribution < -0.4 is 10.2 Å². The zero-order chi connectivity index (χ0) is 17.1. The summed E-state index contributed by atoms with van der Waals surface area (Å²) in [6.07, 6.45) is 1.60. The van der Waals surface area contributed by atoms with Gasteiger partial charge in [-0.3, -0.25) is 9.59 Å². The molecule has 124 valence electrons. The molecule has 2 N–H and O–H groups in total. The molecule has 1 aromatic carbocycles. The highest BCUT2D eigenvalue weighted by atomic mass is 16.4. The molecule has 2 bridgehead atoms. The van der Waals surface area contributed by atoms with Crippen molar-refractivity contribution in [2.24, 2.45) is 5.41 Å². The Morgan fingerprint density at radius 2 is 1.88 bits per heavy atom. The molecule has 6 nitrogen and oxygen atoms in total. The van der Waals surface area contributed by atoms with Gasteiger partial charge in [-0.25, -0.2) is 4.98 Å². The number of benzene rings is 1. The van der Waals surface area contributed by atoms with Crippen LogP contribution in [0, 0.1) is 5.41 Å². The van der Waals surface area contributed by atoms with Gasteiger partial charge in [0.15, 0.2) is 0 Å². The molecule has 3 aliphatic carbocycles. The van der Waals surface area contributed by atoms with Crippen LogP contribution in [0.15, 0.2) is 30.3 Å². The highest BCUT2D eigenvalue weighted by Gasteiger charge is 2.72. The molecule has 0 radical (unpaired) electrons. The van der Waals surface area contributed by atoms with Crippen LogP contribution in [0.5, 0.6) is 0 Å². The molecule has 0 saturated heterocycles. The predicted octanol–water partition coefficient (Wildman–Crippen LogP) is 2.04. The number of para-hydroxylation sites is 1. The van der Waals surface area contributed by atoms with Crippen LogP contribution in [0.1, 0.15) is 29.6 Å². The van der Waals surface area contributed by atoms with E-state index in [-0.39, 0.29) is 11.4 Å². The number of aliphatic carboxylic acids is 1. The van der Waals surface area contributed by atoms with Gasteiger partial charge in [-0.2, -0.15) is 0 Å². The second kappa shape index (κ2) is 4.69. The molecule has 24 heavy (non-hydrogen) atoms. The van der Waals surface area contributed by atoms with Crippen molar-refractivity contribution in [1.82, 2.24) is 10.3 Å². The Kier molecular flexibility index (Phi) is 2.92. The maximum absolute atomic E-state index is 12.8. The standard InChI is InChI=1S/C18H19N3O3/c1-21(2)14-7-12(11-5-3-4-6-13(11)19-14)15(22)20-18-8-17(9-18,10-18)16(23)24/h3-7H,8-10H2,1-2H3,(H,20,22)(H,23,24). The summed E-state index contributed by atoms with van der Waals surface area (Å²) in [5, 5.41) is 13.1. The number of nitrogens with one attached hydrogen (secondary N) is 1. The van der Waals surface area contributed by atoms with Gasteiger partial charge in [-0.05, 0) is 31.4 Å². The lowest BCUT2D eigenvalue weighted by Crippen LogP contribution is -2.77. The summed E-state index contributed by atoms with van der Waals surface area (Å²) in [5.74, 6) is -0.184. The second-order valence-corrected chi connectivity index (χ2v) is 7.29. The number of nitrogens with zero attached hydrogens (tertiary/aromatic N) is 2. The van der Waals surface area contributed by atoms with Gasteiger partial charge in [0.2, 0.25) is 0 Å². The first kappa shape index (κ1) is 14.9. The van der Waals surface area contributed by atoms with Crippen LogP contribution in [0.4, 0.5) is 5.82 Å². The average Bonchev–Trinajstić information content (AvgIpc) is 2.47. The monoisotopic (exact) mass is 325 g/mol. The zero-order valence-corrected chi connectivity index (χ0v) is 13.7. The summed E-state index contributed by atoms with van der Waals surface area (Å²) in [6.45, 7) is 0. The largest absolute Gasteiger partial charge is 0.481 e. The van der Waals surface area contributed by atoms with E-state index in [0.717, 1.165) is 16.7 Å². The summed E-state index contributed by atoms with van der Waals surface area (Å²) in [5.41, 5.74) is 0.424. The van der Waals surface area contributed by atoms with E-state index in [4.69, 9.17) is 0 Å². The summed E-state index contributed by atoms with van der Waals surface area (Å²) in [4.78, 5) is 30.5. The van der Waals surface area contributed by atoms with Crippen molar-refractivity contribution in [3.05, 3.63) is 35.9 Å². The lowest BCUT2D eigenvalue weighted by atomic mass is 9.39. The quantitative estimate of drug-likeness (QED) is 0.899. The third-order valence-electron chi connectivity index (χ3n) is 5.27. The number of anilines is 1. The molecule has 2 aromatic rings. The Morgan fingerprint density at radius 1 is 1.21 bits per heavy atom. The number of hydrogen-bond acceptors (Lipinski definition) is 4. The molecule has 0 atom stereocenters. The van der Waals surface area contributed by atoms with E-state index < -0.39 is 11.4 Å². The molecule has 0 aliphatic heterocycles. The van der Waals surface area contributed by atoms with Gasteiger partial charge in [0.1, 0.15) is 5.82 Å². The molecule has 0 spiro atoms. The summed E-state index contributed by atoms with van der Waals surface area (Å²) >= 11 is 0. The van der Waals surface area contributed by atoms with Crippen LogP contribution >= 0.6 is 0 Å². The van der Waals surface area contributed by atoms with Crippen LogP contribution in [-0.4, -0.2) is 41.6 Å². The summed E-state index contributed by atoms with van der Waals surface area (Å²) in [6, 6.07) is 9.35. The van der Waals surface area contributed by atoms with Gasteiger partial charge in [-0.15, -0.1) is 0 Å². The van der Waals surface area contributed by atoms with E-state index in [2.05, 4.69) is 10.3 Å². The lowest BCUT2D eigenvalue weighted by Gasteiger charge is -2.67. The fourth-order valence-electron chi connectivity index (χ4n) is 4.03. The number of carbonyl (C=O) groups is 2. The molecule has 1 aromatic heterocycles. The maximum Gasteiger partial charge on any atom is 0.309 e. The first-order valence-corrected chi connectivity index (χ1v) is 7.97. The highest BCUT2D eigenvalue weighted by Crippen LogP contribution is 2.67. The first-order chi connectivity index (χ1) is 11.3. The highest BCUT2D eigenvalue weighted by molar-refractivity contribution is 6.07. The van der Waals surface area contributed by atoms with Crippen molar-refractivity contribution in [2.75, 3.05) is 19.0 Å². The van der Waals surface area contributed by atoms with Crippen molar-refractivity contribution >= 4 is 28.6 Å². The smallest absolute Gasteiger partial charge is 0.309 e. The molecular weight excluding hydrogens is 306 g/mol. The summed E-state index contributed by atoms with van der Waals surface area (Å²) < 4.78 is 0. The van der Waals surface area contributed by atoms with E-state index in [1.165, 1.54) is 0 Å². The third-order valence-corrected chi connectivity index (χ3v) is 5.27. The molecule has 0 unspecified atom stereocenters. The van der Waals surface area contributed by atoms with Gasteiger partial charge >= 0.3 is 5.97 Å². The maximum atomic E-state index is 12.8. The minimum Gasteiger partial charge on any atom is -0.481 e. The number of carboxylic acid groups (broad SMARTS) is 1. The normalized spacial score (nSPS) is 27.1. The number of carbonyl (C=O) groups excluding carboxylic acids is 1. The fraction of sp³-hybridized carbons (Fsp3) is 0.389. The van der Waals surface area contributed by atoms with Crippen molar-refractivity contribution in [2.45, 2.75) is 24.8 Å². The van der Waals surface area contributed by atoms with E-state index in [9.17, 15) is 14.7 Å². The molecule has 3 saturated carbocycles. The van der Waals surface area contributed by atoms with Gasteiger partial charge in [0.05, 0.1) is 16.5 Å². The van der Waals surface area contributed by atoms with E-state index in [0.29, 0.717) is 24.8 Å². The second-order valence-electron chi connectivity index (χ2n) is 7.29. The molecule has 5 rings (SSSR count). The van der Waals surface area contributed by atoms with Crippen LogP contribution in [0.25, 0.3) is 10.9 Å². The van der Waals surface area contributed by atoms with Crippen LogP contribution in [0.2, 0.25) is 0 Å². The molecule has 3 fully saturated rings. The Balaban J connectivity index is 1.64. The number of amides is 1. The average molecular weight is 325 g/mol. The van der Waals surface area contributed by atoms with Crippen molar-refractivity contribution in [1.29, 1.82) is 0 Å². The Morgan fingerprint density at radius 3 is 2.50 bits per heavy atom. The van der Waals surface area contributed by atoms with E-state index in [1.54, 1.807) is 6.07 Å². The van der Waals surface area contributed by atoms with Crippen LogP contribution in [-0.2, 0) is 4.79 Å². The predicted molar refractivity (Wildman–Crippen MR) is 90.2 cm³/mol. The van der Waals surface area contributed by atoms with Crippen molar-refractivity contribution in [3.8, 4) is 0 Å². The minimum absolute atomic E-state index is 0.157. The number of rotatable bonds is 4.